The molecular weight excluding hydrogens is 787 g/mol. The summed E-state index contributed by atoms with van der Waals surface area (Å²) in [6.45, 7) is 11.8. The molecule has 0 bridgehead atoms. The third kappa shape index (κ3) is 17.8. The van der Waals surface area contributed by atoms with Crippen molar-refractivity contribution in [2.75, 3.05) is 53.7 Å². The van der Waals surface area contributed by atoms with Crippen LogP contribution in [0.4, 0.5) is 11.4 Å². The number of hydrogen-bond donors (Lipinski definition) is 0. The molecule has 12 heteroatoms. The Morgan fingerprint density at radius 2 is 0.889 bits per heavy atom. The summed E-state index contributed by atoms with van der Waals surface area (Å²) >= 11 is 0. The molecule has 280 valence electrons. The van der Waals surface area contributed by atoms with Gasteiger partial charge >= 0.3 is 39.0 Å². The molecule has 0 radical (unpaired) electrons. The average Bonchev–Trinajstić information content (AvgIpc) is 3.73. The van der Waals surface area contributed by atoms with Gasteiger partial charge in [0.2, 0.25) is 11.8 Å². The van der Waals surface area contributed by atoms with Crippen molar-refractivity contribution in [3.8, 4) is 0 Å². The van der Waals surface area contributed by atoms with E-state index in [-0.39, 0.29) is 63.2 Å². The van der Waals surface area contributed by atoms with Crippen molar-refractivity contribution in [1.82, 2.24) is 0 Å². The van der Waals surface area contributed by atoms with E-state index in [0.717, 1.165) is 33.6 Å². The van der Waals surface area contributed by atoms with Crippen LogP contribution in [0.15, 0.2) is 119 Å². The van der Waals surface area contributed by atoms with Gasteiger partial charge in [-0.2, -0.15) is 0 Å². The van der Waals surface area contributed by atoms with Crippen LogP contribution in [0, 0.1) is 0 Å². The summed E-state index contributed by atoms with van der Waals surface area (Å²) in [4.78, 5) is 9.17. The first kappa shape index (κ1) is 48.5. The van der Waals surface area contributed by atoms with Gasteiger partial charge in [0.25, 0.3) is 0 Å². The molecule has 0 N–H and O–H groups in total. The second-order valence-corrected chi connectivity index (χ2v) is 13.1. The molecule has 6 rings (SSSR count). The molecule has 10 nitrogen and oxygen atoms in total. The molecule has 0 fully saturated rings. The molecule has 54 heavy (non-hydrogen) atoms. The van der Waals surface area contributed by atoms with Crippen LogP contribution in [-0.2, 0) is 71.1 Å². The van der Waals surface area contributed by atoms with Gasteiger partial charge in [-0.05, 0) is 27.7 Å². The van der Waals surface area contributed by atoms with E-state index in [1.807, 2.05) is 109 Å². The van der Waals surface area contributed by atoms with Crippen LogP contribution in [0.1, 0.15) is 49.9 Å². The molecule has 2 heterocycles. The predicted octanol–water partition coefficient (Wildman–Crippen LogP) is 6.88. The van der Waals surface area contributed by atoms with E-state index < -0.39 is 0 Å². The zero-order valence-corrected chi connectivity index (χ0v) is 38.6. The molecule has 0 aliphatic carbocycles. The SMILES string of the molecule is COCC[N-]c1ccccc1C1=NC(C)(C)CO1.COCC[N-]c1ccccc1C1=NC(C)(C)CO1.[O-]Cc1ccccc1.[O-]Cc1ccccc1.[Zn+2].[Zn+2]. The molecule has 2 aliphatic rings. The van der Waals surface area contributed by atoms with Crippen LogP contribution in [-0.4, -0.2) is 76.6 Å². The number of aliphatic imine (C=N–C) groups is 2. The third-order valence-corrected chi connectivity index (χ3v) is 7.38. The quantitative estimate of drug-likeness (QED) is 0.113. The molecule has 4 aromatic rings. The second-order valence-electron chi connectivity index (χ2n) is 13.1. The van der Waals surface area contributed by atoms with Gasteiger partial charge in [-0.15, -0.1) is 37.7 Å². The monoisotopic (exact) mass is 836 g/mol. The van der Waals surface area contributed by atoms with Gasteiger partial charge in [0.05, 0.1) is 11.1 Å². The zero-order chi connectivity index (χ0) is 37.7. The molecule has 0 atom stereocenters. The Bertz CT molecular complexity index is 1530. The predicted molar refractivity (Wildman–Crippen MR) is 206 cm³/mol. The molecule has 2 aliphatic heterocycles. The van der Waals surface area contributed by atoms with Gasteiger partial charge in [-0.25, -0.2) is 9.98 Å². The topological polar surface area (TPSA) is 136 Å². The Kier molecular flexibility index (Phi) is 23.7. The molecule has 0 amide bonds. The molecule has 0 saturated heterocycles. The summed E-state index contributed by atoms with van der Waals surface area (Å²) < 4.78 is 21.3. The van der Waals surface area contributed by atoms with Gasteiger partial charge in [0, 0.05) is 38.6 Å². The van der Waals surface area contributed by atoms with Crippen molar-refractivity contribution >= 4 is 23.2 Å². The Labute approximate surface area is 347 Å². The van der Waals surface area contributed by atoms with Crippen LogP contribution in [0.5, 0.6) is 0 Å². The van der Waals surface area contributed by atoms with E-state index in [1.54, 1.807) is 14.2 Å². The normalized spacial score (nSPS) is 14.1. The molecule has 4 aromatic carbocycles. The van der Waals surface area contributed by atoms with E-state index in [9.17, 15) is 10.2 Å². The van der Waals surface area contributed by atoms with Crippen molar-refractivity contribution in [3.63, 3.8) is 0 Å². The van der Waals surface area contributed by atoms with Gasteiger partial charge in [0.15, 0.2) is 0 Å². The first-order chi connectivity index (χ1) is 25.1. The van der Waals surface area contributed by atoms with Crippen LogP contribution >= 0.6 is 0 Å². The van der Waals surface area contributed by atoms with Gasteiger partial charge in [0.1, 0.15) is 13.2 Å². The fourth-order valence-electron chi connectivity index (χ4n) is 4.69. The van der Waals surface area contributed by atoms with E-state index >= 15 is 0 Å². The van der Waals surface area contributed by atoms with Crippen molar-refractivity contribution in [3.05, 3.63) is 142 Å². The number of rotatable bonds is 12. The first-order valence-electron chi connectivity index (χ1n) is 17.3. The molecular formula is C42H52N4O6Zn2. The summed E-state index contributed by atoms with van der Waals surface area (Å²) in [5, 5.41) is 29.3. The van der Waals surface area contributed by atoms with Crippen molar-refractivity contribution in [2.24, 2.45) is 9.98 Å². The van der Waals surface area contributed by atoms with E-state index in [4.69, 9.17) is 18.9 Å². The Morgan fingerprint density at radius 3 is 1.17 bits per heavy atom. The Hall–Kier alpha value is -3.49. The van der Waals surface area contributed by atoms with Crippen molar-refractivity contribution in [1.29, 1.82) is 0 Å². The van der Waals surface area contributed by atoms with Gasteiger partial charge in [-0.3, -0.25) is 0 Å². The Morgan fingerprint density at radius 1 is 0.556 bits per heavy atom. The number of nitrogens with zero attached hydrogens (tertiary/aromatic N) is 4. The van der Waals surface area contributed by atoms with E-state index in [1.165, 1.54) is 0 Å². The Balaban J connectivity index is 0.000000379. The third-order valence-electron chi connectivity index (χ3n) is 7.38. The number of methoxy groups -OCH3 is 2. The first-order valence-corrected chi connectivity index (χ1v) is 17.3. The summed E-state index contributed by atoms with van der Waals surface area (Å²) in [6.07, 6.45) is 0. The molecule has 0 spiro atoms. The number of para-hydroxylation sites is 2. The summed E-state index contributed by atoms with van der Waals surface area (Å²) in [5.41, 5.74) is 5.15. The minimum atomic E-state index is -0.144. The standard InChI is InChI=1S/2C14H19N2O2.2C7H7O.2Zn/c2*1-14(2)10-18-13(16-14)11-6-4-5-7-12(11)15-8-9-17-3;2*8-6-7-4-2-1-3-5-7;;/h2*4-7H,8-10H2,1-3H3;2*1-5H,6H2;;/q4*-1;2*+2. The van der Waals surface area contributed by atoms with Crippen molar-refractivity contribution in [2.45, 2.75) is 52.0 Å². The van der Waals surface area contributed by atoms with E-state index in [2.05, 4.69) is 48.3 Å². The number of benzene rings is 4. The van der Waals surface area contributed by atoms with Crippen LogP contribution in [0.25, 0.3) is 10.6 Å². The van der Waals surface area contributed by atoms with Crippen LogP contribution < -0.4 is 10.2 Å². The maximum atomic E-state index is 10.1. The second kappa shape index (κ2) is 26.3. The van der Waals surface area contributed by atoms with Crippen molar-refractivity contribution < 1.29 is 68.1 Å². The minimum Gasteiger partial charge on any atom is -0.851 e. The maximum absolute atomic E-state index is 10.1. The summed E-state index contributed by atoms with van der Waals surface area (Å²) in [7, 11) is 3.35. The average molecular weight is 840 g/mol. The minimum absolute atomic E-state index is 0. The van der Waals surface area contributed by atoms with Crippen LogP contribution in [0.3, 0.4) is 0 Å². The molecule has 0 unspecified atom stereocenters. The summed E-state index contributed by atoms with van der Waals surface area (Å²) in [5.74, 6) is 1.38. The number of hydrogen-bond acceptors (Lipinski definition) is 8. The van der Waals surface area contributed by atoms with Gasteiger partial charge < -0.3 is 39.8 Å². The smallest absolute Gasteiger partial charge is 0.851 e. The fraction of sp³-hybridized carbons (Fsp3) is 0.381. The zero-order valence-electron chi connectivity index (χ0n) is 32.7. The molecule has 0 saturated carbocycles. The van der Waals surface area contributed by atoms with E-state index in [0.29, 0.717) is 51.3 Å². The molecule has 0 aromatic heterocycles. The van der Waals surface area contributed by atoms with Crippen LogP contribution in [0.2, 0.25) is 0 Å². The largest absolute Gasteiger partial charge is 2.00 e. The maximum Gasteiger partial charge on any atom is 2.00 e. The fourth-order valence-corrected chi connectivity index (χ4v) is 4.69. The van der Waals surface area contributed by atoms with Gasteiger partial charge in [-0.1, -0.05) is 120 Å². The summed E-state index contributed by atoms with van der Waals surface area (Å²) in [6, 6.07) is 34.4. The number of ether oxygens (including phenoxy) is 4.